The second-order valence-electron chi connectivity index (χ2n) is 8.37. The average molecular weight is 504 g/mol. The van der Waals surface area contributed by atoms with Gasteiger partial charge in [-0.3, -0.25) is 0 Å². The fraction of sp³-hybridized carbons (Fsp3) is 1.00. The van der Waals surface area contributed by atoms with Gasteiger partial charge in [0.1, 0.15) is 73.2 Å². The van der Waals surface area contributed by atoms with Gasteiger partial charge in [0.05, 0.1) is 19.8 Å². The first kappa shape index (κ1) is 27.9. The second kappa shape index (κ2) is 11.6. The van der Waals surface area contributed by atoms with E-state index in [1.165, 1.54) is 0 Å². The quantitative estimate of drug-likeness (QED) is 0.154. The summed E-state index contributed by atoms with van der Waals surface area (Å²) >= 11 is 0. The van der Waals surface area contributed by atoms with Gasteiger partial charge in [-0.15, -0.1) is 0 Å². The van der Waals surface area contributed by atoms with E-state index in [9.17, 15) is 56.2 Å². The fourth-order valence-corrected chi connectivity index (χ4v) is 3.95. The van der Waals surface area contributed by atoms with E-state index in [4.69, 9.17) is 23.7 Å². The van der Waals surface area contributed by atoms with Gasteiger partial charge in [-0.1, -0.05) is 0 Å². The number of rotatable bonds is 7. The van der Waals surface area contributed by atoms with Gasteiger partial charge in [0, 0.05) is 0 Å². The van der Waals surface area contributed by atoms with Crippen molar-refractivity contribution in [1.82, 2.24) is 0 Å². The van der Waals surface area contributed by atoms with E-state index in [0.717, 1.165) is 0 Å². The maximum Gasteiger partial charge on any atom is 0.187 e. The van der Waals surface area contributed by atoms with Crippen LogP contribution in [0.4, 0.5) is 0 Å². The molecule has 3 rings (SSSR count). The first-order valence-electron chi connectivity index (χ1n) is 10.6. The lowest BCUT2D eigenvalue weighted by atomic mass is 9.97. The van der Waals surface area contributed by atoms with E-state index < -0.39 is 112 Å². The first-order valence-corrected chi connectivity index (χ1v) is 10.6. The Labute approximate surface area is 192 Å². The topological polar surface area (TPSA) is 269 Å². The molecular weight excluding hydrogens is 472 g/mol. The number of aliphatic hydroxyl groups is 11. The Kier molecular flexibility index (Phi) is 9.54. The van der Waals surface area contributed by atoms with Crippen molar-refractivity contribution >= 4 is 0 Å². The maximum absolute atomic E-state index is 10.3. The summed E-state index contributed by atoms with van der Waals surface area (Å²) in [6.07, 6.45) is -24.9. The number of hydrogen-bond donors (Lipinski definition) is 11. The van der Waals surface area contributed by atoms with E-state index in [1.807, 2.05) is 0 Å². The lowest BCUT2D eigenvalue weighted by molar-refractivity contribution is -0.362. The molecular formula is C18H32O16. The lowest BCUT2D eigenvalue weighted by Gasteiger charge is -2.45. The van der Waals surface area contributed by atoms with Gasteiger partial charge in [-0.25, -0.2) is 0 Å². The van der Waals surface area contributed by atoms with Crippen LogP contribution in [0, 0.1) is 0 Å². The van der Waals surface area contributed by atoms with Gasteiger partial charge in [0.2, 0.25) is 0 Å². The van der Waals surface area contributed by atoms with Crippen LogP contribution in [0.5, 0.6) is 0 Å². The van der Waals surface area contributed by atoms with E-state index in [0.29, 0.717) is 0 Å². The Balaban J connectivity index is 1.66. The zero-order chi connectivity index (χ0) is 25.3. The molecule has 0 aromatic carbocycles. The van der Waals surface area contributed by atoms with E-state index >= 15 is 0 Å². The average Bonchev–Trinajstić information content (AvgIpc) is 2.82. The van der Waals surface area contributed by atoms with Crippen LogP contribution in [0.3, 0.4) is 0 Å². The molecule has 0 aromatic rings. The number of hydrogen-bond acceptors (Lipinski definition) is 16. The summed E-state index contributed by atoms with van der Waals surface area (Å²) in [5.41, 5.74) is 0. The highest BCUT2D eigenvalue weighted by Gasteiger charge is 2.51. The molecule has 0 radical (unpaired) electrons. The molecule has 11 N–H and O–H groups in total. The van der Waals surface area contributed by atoms with Crippen molar-refractivity contribution in [2.45, 2.75) is 92.1 Å². The minimum absolute atomic E-state index is 0.609. The molecule has 3 fully saturated rings. The molecule has 0 spiro atoms. The molecule has 0 amide bonds. The summed E-state index contributed by atoms with van der Waals surface area (Å²) < 4.78 is 26.3. The fourth-order valence-electron chi connectivity index (χ4n) is 3.95. The minimum atomic E-state index is -1.87. The number of ether oxygens (including phenoxy) is 5. The van der Waals surface area contributed by atoms with E-state index in [2.05, 4.69) is 0 Å². The summed E-state index contributed by atoms with van der Waals surface area (Å²) in [5, 5.41) is 109. The Morgan fingerprint density at radius 1 is 0.500 bits per heavy atom. The van der Waals surface area contributed by atoms with Crippen LogP contribution in [0.25, 0.3) is 0 Å². The van der Waals surface area contributed by atoms with Gasteiger partial charge >= 0.3 is 0 Å². The van der Waals surface area contributed by atoms with Gasteiger partial charge in [0.15, 0.2) is 18.9 Å². The second-order valence-corrected chi connectivity index (χ2v) is 8.37. The van der Waals surface area contributed by atoms with Crippen molar-refractivity contribution in [2.24, 2.45) is 0 Å². The Hall–Kier alpha value is -0.640. The molecule has 0 saturated carbocycles. The molecule has 34 heavy (non-hydrogen) atoms. The van der Waals surface area contributed by atoms with Gasteiger partial charge in [-0.2, -0.15) is 0 Å². The van der Waals surface area contributed by atoms with Gasteiger partial charge in [-0.05, 0) is 0 Å². The summed E-state index contributed by atoms with van der Waals surface area (Å²) in [4.78, 5) is 0. The molecule has 200 valence electrons. The molecule has 3 aliphatic rings. The van der Waals surface area contributed by atoms with E-state index in [1.54, 1.807) is 0 Å². The van der Waals surface area contributed by atoms with Crippen molar-refractivity contribution in [1.29, 1.82) is 0 Å². The van der Waals surface area contributed by atoms with Crippen LogP contribution in [0.15, 0.2) is 0 Å². The third kappa shape index (κ3) is 5.52. The number of aliphatic hydroxyl groups excluding tert-OH is 11. The standard InChI is InChI=1S/C18H32O16/c19-1-4-7(21)9(23)13(27)17(32-4)30-3-6-8(22)10(24)14(28)18(33-6)34-15-5(2-20)31-16(29)12(26)11(15)25/h4-29H,1-3H2/t4-,5-,6-,7+,8-,9+,10+,11-,12-,13-,14-,15-,16?,17-,18-/m1/s1. The van der Waals surface area contributed by atoms with Crippen LogP contribution in [-0.2, 0) is 23.7 Å². The monoisotopic (exact) mass is 504 g/mol. The summed E-state index contributed by atoms with van der Waals surface area (Å²) in [7, 11) is 0. The van der Waals surface area contributed by atoms with Crippen molar-refractivity contribution in [2.75, 3.05) is 19.8 Å². The summed E-state index contributed by atoms with van der Waals surface area (Å²) in [6, 6.07) is 0. The zero-order valence-electron chi connectivity index (χ0n) is 17.7. The zero-order valence-corrected chi connectivity index (χ0v) is 17.7. The Morgan fingerprint density at radius 2 is 1.03 bits per heavy atom. The molecule has 1 unspecified atom stereocenters. The summed E-state index contributed by atoms with van der Waals surface area (Å²) in [5.74, 6) is 0. The molecule has 3 heterocycles. The maximum atomic E-state index is 10.3. The molecule has 3 saturated heterocycles. The van der Waals surface area contributed by atoms with Gasteiger partial charge < -0.3 is 79.9 Å². The third-order valence-corrected chi connectivity index (χ3v) is 6.07. The predicted molar refractivity (Wildman–Crippen MR) is 101 cm³/mol. The normalized spacial score (nSPS) is 52.5. The molecule has 0 aliphatic carbocycles. The summed E-state index contributed by atoms with van der Waals surface area (Å²) in [6.45, 7) is -2.07. The molecule has 16 nitrogen and oxygen atoms in total. The van der Waals surface area contributed by atoms with E-state index in [-0.39, 0.29) is 0 Å². The van der Waals surface area contributed by atoms with Gasteiger partial charge in [0.25, 0.3) is 0 Å². The molecule has 16 heteroatoms. The molecule has 0 bridgehead atoms. The van der Waals surface area contributed by atoms with Crippen molar-refractivity contribution in [3.8, 4) is 0 Å². The van der Waals surface area contributed by atoms with Crippen LogP contribution in [-0.4, -0.2) is 168 Å². The SMILES string of the molecule is OC[C@H]1O[C@@H](OC[C@H]2O[C@H](O[C@H]3[C@H](O)[C@@H](O)C(O)O[C@@H]3CO)[C@H](O)[C@@H](O)[C@@H]2O)[C@H](O)[C@@H](O)[C@H]1O. The molecule has 15 atom stereocenters. The lowest BCUT2D eigenvalue weighted by Crippen LogP contribution is -2.65. The largest absolute Gasteiger partial charge is 0.394 e. The van der Waals surface area contributed by atoms with Crippen molar-refractivity contribution in [3.05, 3.63) is 0 Å². The third-order valence-electron chi connectivity index (χ3n) is 6.07. The van der Waals surface area contributed by atoms with Crippen molar-refractivity contribution in [3.63, 3.8) is 0 Å². The first-order chi connectivity index (χ1) is 16.0. The Bertz CT molecular complexity index is 637. The van der Waals surface area contributed by atoms with Crippen LogP contribution in [0.1, 0.15) is 0 Å². The molecule has 0 aromatic heterocycles. The predicted octanol–water partition coefficient (Wildman–Crippen LogP) is -7.57. The highest BCUT2D eigenvalue weighted by molar-refractivity contribution is 4.94. The smallest absolute Gasteiger partial charge is 0.187 e. The molecule has 3 aliphatic heterocycles. The van der Waals surface area contributed by atoms with Crippen LogP contribution in [0.2, 0.25) is 0 Å². The highest BCUT2D eigenvalue weighted by atomic mass is 16.7. The Morgan fingerprint density at radius 3 is 1.62 bits per heavy atom. The van der Waals surface area contributed by atoms with Crippen LogP contribution >= 0.6 is 0 Å². The van der Waals surface area contributed by atoms with Crippen LogP contribution < -0.4 is 0 Å². The van der Waals surface area contributed by atoms with Crippen molar-refractivity contribution < 1.29 is 79.9 Å². The highest BCUT2D eigenvalue weighted by Crippen LogP contribution is 2.29. The minimum Gasteiger partial charge on any atom is -0.394 e.